The molecule has 7 heteroatoms. The third-order valence-electron chi connectivity index (χ3n) is 5.56. The van der Waals surface area contributed by atoms with Gasteiger partial charge in [-0.05, 0) is 85.0 Å². The number of carbonyl (C=O) groups is 1. The number of ether oxygens (including phenoxy) is 2. The predicted octanol–water partition coefficient (Wildman–Crippen LogP) is 4.23. The molecule has 0 aliphatic rings. The number of aliphatic hydroxyl groups excluding tert-OH is 1. The highest BCUT2D eigenvalue weighted by atomic mass is 16.5. The first-order valence-corrected chi connectivity index (χ1v) is 11.1. The number of nitrogens with one attached hydrogen (secondary N) is 1. The molecule has 34 heavy (non-hydrogen) atoms. The van der Waals surface area contributed by atoms with Crippen LogP contribution < -0.4 is 14.8 Å². The summed E-state index contributed by atoms with van der Waals surface area (Å²) in [5.74, 6) is 0.445. The SMILES string of the molecule is Cc1cc(OCCN[C@@H](C)[C@H](O)c2ccc(O)cc2)cc(C)c1-c1ccc(OCC(=O)O)cc1. The van der Waals surface area contributed by atoms with Gasteiger partial charge in [-0.3, -0.25) is 0 Å². The zero-order valence-electron chi connectivity index (χ0n) is 19.6. The number of aliphatic hydroxyl groups is 1. The lowest BCUT2D eigenvalue weighted by Crippen LogP contribution is -2.35. The van der Waals surface area contributed by atoms with Gasteiger partial charge in [0.2, 0.25) is 0 Å². The number of hydrogen-bond acceptors (Lipinski definition) is 6. The summed E-state index contributed by atoms with van der Waals surface area (Å²) in [5, 5.41) is 31.8. The van der Waals surface area contributed by atoms with E-state index in [1.54, 1.807) is 36.4 Å². The first kappa shape index (κ1) is 25.1. The van der Waals surface area contributed by atoms with Gasteiger partial charge in [0.1, 0.15) is 23.9 Å². The predicted molar refractivity (Wildman–Crippen MR) is 131 cm³/mol. The van der Waals surface area contributed by atoms with Crippen LogP contribution in [0.2, 0.25) is 0 Å². The molecule has 0 amide bonds. The molecule has 180 valence electrons. The van der Waals surface area contributed by atoms with Crippen molar-refractivity contribution in [3.63, 3.8) is 0 Å². The van der Waals surface area contributed by atoms with Crippen LogP contribution in [0, 0.1) is 13.8 Å². The molecule has 3 rings (SSSR count). The number of aliphatic carboxylic acids is 1. The summed E-state index contributed by atoms with van der Waals surface area (Å²) in [6, 6.07) is 17.7. The molecule has 7 nitrogen and oxygen atoms in total. The van der Waals surface area contributed by atoms with Crippen molar-refractivity contribution in [2.24, 2.45) is 0 Å². The third-order valence-corrected chi connectivity index (χ3v) is 5.56. The minimum absolute atomic E-state index is 0.170. The van der Waals surface area contributed by atoms with Gasteiger partial charge >= 0.3 is 5.97 Å². The van der Waals surface area contributed by atoms with Gasteiger partial charge in [-0.1, -0.05) is 24.3 Å². The zero-order valence-corrected chi connectivity index (χ0v) is 19.6. The lowest BCUT2D eigenvalue weighted by molar-refractivity contribution is -0.139. The van der Waals surface area contributed by atoms with Crippen molar-refractivity contribution in [3.8, 4) is 28.4 Å². The average Bonchev–Trinajstić information content (AvgIpc) is 2.80. The molecule has 0 fully saturated rings. The molecule has 0 radical (unpaired) electrons. The molecule has 0 aliphatic heterocycles. The van der Waals surface area contributed by atoms with Crippen LogP contribution >= 0.6 is 0 Å². The summed E-state index contributed by atoms with van der Waals surface area (Å²) in [6.45, 7) is 6.59. The number of phenols is 1. The van der Waals surface area contributed by atoms with E-state index < -0.39 is 12.1 Å². The zero-order chi connectivity index (χ0) is 24.7. The van der Waals surface area contributed by atoms with Gasteiger partial charge in [-0.25, -0.2) is 4.79 Å². The Morgan fingerprint density at radius 2 is 1.56 bits per heavy atom. The highest BCUT2D eigenvalue weighted by Gasteiger charge is 2.16. The summed E-state index contributed by atoms with van der Waals surface area (Å²) in [5.41, 5.74) is 4.99. The second-order valence-electron chi connectivity index (χ2n) is 8.27. The number of hydrogen-bond donors (Lipinski definition) is 4. The monoisotopic (exact) mass is 465 g/mol. The maximum Gasteiger partial charge on any atom is 0.341 e. The second kappa shape index (κ2) is 11.5. The number of carboxylic acid groups (broad SMARTS) is 1. The molecule has 0 aliphatic carbocycles. The molecule has 0 unspecified atom stereocenters. The van der Waals surface area contributed by atoms with E-state index in [-0.39, 0.29) is 18.4 Å². The Kier molecular flexibility index (Phi) is 8.51. The van der Waals surface area contributed by atoms with Crippen LogP contribution in [0.3, 0.4) is 0 Å². The molecule has 3 aromatic carbocycles. The third kappa shape index (κ3) is 6.73. The Bertz CT molecular complexity index is 1070. The van der Waals surface area contributed by atoms with Crippen LogP contribution in [0.25, 0.3) is 11.1 Å². The molecule has 0 heterocycles. The van der Waals surface area contributed by atoms with Crippen molar-refractivity contribution in [2.75, 3.05) is 19.8 Å². The van der Waals surface area contributed by atoms with E-state index in [1.807, 2.05) is 45.0 Å². The highest BCUT2D eigenvalue weighted by Crippen LogP contribution is 2.32. The number of carboxylic acids is 1. The van der Waals surface area contributed by atoms with Gasteiger partial charge in [-0.15, -0.1) is 0 Å². The fraction of sp³-hybridized carbons (Fsp3) is 0.296. The van der Waals surface area contributed by atoms with E-state index in [9.17, 15) is 15.0 Å². The van der Waals surface area contributed by atoms with Gasteiger partial charge < -0.3 is 30.1 Å². The average molecular weight is 466 g/mol. The Morgan fingerprint density at radius 1 is 0.941 bits per heavy atom. The largest absolute Gasteiger partial charge is 0.508 e. The van der Waals surface area contributed by atoms with Crippen molar-refractivity contribution in [3.05, 3.63) is 77.4 Å². The van der Waals surface area contributed by atoms with E-state index in [1.165, 1.54) is 0 Å². The standard InChI is InChI=1S/C27H31NO6/c1-17-14-24(33-13-12-28-19(3)27(32)21-4-8-22(29)9-5-21)15-18(2)26(17)20-6-10-23(11-7-20)34-16-25(30)31/h4-11,14-15,19,27-29,32H,12-13,16H2,1-3H3,(H,30,31)/t19-,27-/m0/s1. The van der Waals surface area contributed by atoms with Crippen molar-refractivity contribution >= 4 is 5.97 Å². The summed E-state index contributed by atoms with van der Waals surface area (Å²) >= 11 is 0. The smallest absolute Gasteiger partial charge is 0.341 e. The van der Waals surface area contributed by atoms with E-state index in [2.05, 4.69) is 5.32 Å². The van der Waals surface area contributed by atoms with Crippen LogP contribution in [0.4, 0.5) is 0 Å². The quantitative estimate of drug-likeness (QED) is 0.314. The van der Waals surface area contributed by atoms with Crippen molar-refractivity contribution in [1.29, 1.82) is 0 Å². The molecule has 3 aromatic rings. The van der Waals surface area contributed by atoms with E-state index >= 15 is 0 Å². The minimum atomic E-state index is -1.01. The molecule has 0 spiro atoms. The Balaban J connectivity index is 1.54. The van der Waals surface area contributed by atoms with Gasteiger partial charge in [0.05, 0.1) is 6.10 Å². The van der Waals surface area contributed by atoms with E-state index in [4.69, 9.17) is 14.6 Å². The molecule has 4 N–H and O–H groups in total. The minimum Gasteiger partial charge on any atom is -0.508 e. The van der Waals surface area contributed by atoms with Gasteiger partial charge in [0, 0.05) is 12.6 Å². The molecule has 0 saturated heterocycles. The number of rotatable bonds is 11. The fourth-order valence-electron chi connectivity index (χ4n) is 3.85. The van der Waals surface area contributed by atoms with Crippen LogP contribution in [0.15, 0.2) is 60.7 Å². The van der Waals surface area contributed by atoms with Gasteiger partial charge in [0.25, 0.3) is 0 Å². The Morgan fingerprint density at radius 3 is 2.15 bits per heavy atom. The summed E-state index contributed by atoms with van der Waals surface area (Å²) < 4.78 is 11.1. The van der Waals surface area contributed by atoms with E-state index in [0.717, 1.165) is 33.6 Å². The molecule has 0 bridgehead atoms. The normalized spacial score (nSPS) is 12.7. The fourth-order valence-corrected chi connectivity index (χ4v) is 3.85. The van der Waals surface area contributed by atoms with Gasteiger partial charge in [0.15, 0.2) is 6.61 Å². The lowest BCUT2D eigenvalue weighted by atomic mass is 9.95. The lowest BCUT2D eigenvalue weighted by Gasteiger charge is -2.21. The number of phenolic OH excluding ortho intramolecular Hbond substituents is 1. The van der Waals surface area contributed by atoms with Crippen LogP contribution in [0.5, 0.6) is 17.2 Å². The number of aromatic hydroxyl groups is 1. The molecular formula is C27H31NO6. The second-order valence-corrected chi connectivity index (χ2v) is 8.27. The topological polar surface area (TPSA) is 108 Å². The van der Waals surface area contributed by atoms with E-state index in [0.29, 0.717) is 18.9 Å². The highest BCUT2D eigenvalue weighted by molar-refractivity contribution is 5.72. The summed E-state index contributed by atoms with van der Waals surface area (Å²) in [6.07, 6.45) is -0.690. The van der Waals surface area contributed by atoms with Gasteiger partial charge in [-0.2, -0.15) is 0 Å². The van der Waals surface area contributed by atoms with Crippen LogP contribution in [0.1, 0.15) is 29.7 Å². The molecule has 0 saturated carbocycles. The van der Waals surface area contributed by atoms with Crippen LogP contribution in [-0.2, 0) is 4.79 Å². The Hall–Kier alpha value is -3.55. The first-order chi connectivity index (χ1) is 16.2. The number of aryl methyl sites for hydroxylation is 2. The molecular weight excluding hydrogens is 434 g/mol. The van der Waals surface area contributed by atoms with Crippen molar-refractivity contribution in [2.45, 2.75) is 32.9 Å². The maximum atomic E-state index is 10.6. The molecule has 0 aromatic heterocycles. The number of benzene rings is 3. The summed E-state index contributed by atoms with van der Waals surface area (Å²) in [4.78, 5) is 10.6. The summed E-state index contributed by atoms with van der Waals surface area (Å²) in [7, 11) is 0. The first-order valence-electron chi connectivity index (χ1n) is 11.1. The maximum absolute atomic E-state index is 10.6. The van der Waals surface area contributed by atoms with Crippen LogP contribution in [-0.4, -0.2) is 47.1 Å². The van der Waals surface area contributed by atoms with Crippen molar-refractivity contribution < 1.29 is 29.6 Å². The van der Waals surface area contributed by atoms with Crippen molar-refractivity contribution in [1.82, 2.24) is 5.32 Å². The Labute approximate surface area is 199 Å². The molecule has 2 atom stereocenters.